The molecule has 1 aromatic heterocycles. The van der Waals surface area contributed by atoms with Gasteiger partial charge in [0.1, 0.15) is 5.82 Å². The number of rotatable bonds is 10. The number of H-pyrrole nitrogens is 1. The summed E-state index contributed by atoms with van der Waals surface area (Å²) in [4.78, 5) is 12.5. The highest BCUT2D eigenvalue weighted by Gasteiger charge is 2.02. The van der Waals surface area contributed by atoms with Gasteiger partial charge in [-0.2, -0.15) is 0 Å². The van der Waals surface area contributed by atoms with Crippen molar-refractivity contribution >= 4 is 17.0 Å². The molecule has 0 radical (unpaired) electrons. The highest BCUT2D eigenvalue weighted by molar-refractivity contribution is 5.79. The first-order valence-corrected chi connectivity index (χ1v) is 8.87. The van der Waals surface area contributed by atoms with Crippen LogP contribution in [0.3, 0.4) is 0 Å². The highest BCUT2D eigenvalue weighted by atomic mass is 16.5. The zero-order chi connectivity index (χ0) is 17.0. The molecule has 0 unspecified atom stereocenters. The number of nitrogens with one attached hydrogen (secondary N) is 3. The number of hydrogen-bond donors (Lipinski definition) is 3. The van der Waals surface area contributed by atoms with Crippen LogP contribution in [0.1, 0.15) is 32.5 Å². The van der Waals surface area contributed by atoms with Gasteiger partial charge in [0.05, 0.1) is 11.0 Å². The number of ether oxygens (including phenoxy) is 1. The Bertz CT molecular complexity index is 590. The number of para-hydroxylation sites is 2. The Morgan fingerprint density at radius 1 is 1.21 bits per heavy atom. The van der Waals surface area contributed by atoms with Gasteiger partial charge in [-0.05, 0) is 38.8 Å². The van der Waals surface area contributed by atoms with Crippen LogP contribution in [-0.2, 0) is 11.2 Å². The molecule has 0 saturated carbocycles. The van der Waals surface area contributed by atoms with Gasteiger partial charge in [0.15, 0.2) is 5.96 Å². The van der Waals surface area contributed by atoms with E-state index in [-0.39, 0.29) is 0 Å². The van der Waals surface area contributed by atoms with Gasteiger partial charge in [0, 0.05) is 39.3 Å². The lowest BCUT2D eigenvalue weighted by Crippen LogP contribution is -2.38. The van der Waals surface area contributed by atoms with E-state index < -0.39 is 0 Å². The molecule has 0 aliphatic heterocycles. The molecule has 6 nitrogen and oxygen atoms in total. The monoisotopic (exact) mass is 331 g/mol. The number of unbranched alkanes of at least 4 members (excludes halogenated alkanes) is 1. The minimum Gasteiger partial charge on any atom is -0.382 e. The van der Waals surface area contributed by atoms with Crippen molar-refractivity contribution in [1.82, 2.24) is 20.6 Å². The summed E-state index contributed by atoms with van der Waals surface area (Å²) in [6.07, 6.45) is 2.93. The second-order valence-corrected chi connectivity index (χ2v) is 5.54. The topological polar surface area (TPSA) is 74.3 Å². The molecule has 0 aliphatic rings. The van der Waals surface area contributed by atoms with Gasteiger partial charge in [0.2, 0.25) is 0 Å². The van der Waals surface area contributed by atoms with Crippen molar-refractivity contribution in [3.63, 3.8) is 0 Å². The van der Waals surface area contributed by atoms with Crippen LogP contribution in [0, 0.1) is 0 Å². The van der Waals surface area contributed by atoms with E-state index in [9.17, 15) is 0 Å². The molecule has 2 aromatic rings. The molecule has 3 N–H and O–H groups in total. The molecule has 2 rings (SSSR count). The van der Waals surface area contributed by atoms with E-state index in [1.165, 1.54) is 0 Å². The van der Waals surface area contributed by atoms with Gasteiger partial charge in [-0.1, -0.05) is 12.1 Å². The van der Waals surface area contributed by atoms with Crippen LogP contribution in [0.2, 0.25) is 0 Å². The third-order valence-electron chi connectivity index (χ3n) is 3.61. The fraction of sp³-hybridized carbons (Fsp3) is 0.556. The largest absolute Gasteiger partial charge is 0.382 e. The van der Waals surface area contributed by atoms with Crippen LogP contribution in [0.15, 0.2) is 29.3 Å². The quantitative estimate of drug-likeness (QED) is 0.355. The average Bonchev–Trinajstić information content (AvgIpc) is 3.00. The Balaban J connectivity index is 1.73. The number of hydrogen-bond acceptors (Lipinski definition) is 3. The minimum atomic E-state index is 0.787. The molecule has 6 heteroatoms. The number of imidazole rings is 1. The predicted octanol–water partition coefficient (Wildman–Crippen LogP) is 2.48. The maximum atomic E-state index is 5.34. The van der Waals surface area contributed by atoms with Gasteiger partial charge in [-0.3, -0.25) is 4.99 Å². The fourth-order valence-corrected chi connectivity index (χ4v) is 2.42. The van der Waals surface area contributed by atoms with Crippen molar-refractivity contribution in [1.29, 1.82) is 0 Å². The molecule has 132 valence electrons. The van der Waals surface area contributed by atoms with Crippen molar-refractivity contribution in [3.8, 4) is 0 Å². The molecular weight excluding hydrogens is 302 g/mol. The molecule has 0 saturated heterocycles. The van der Waals surface area contributed by atoms with Crippen molar-refractivity contribution < 1.29 is 4.74 Å². The molecule has 0 spiro atoms. The van der Waals surface area contributed by atoms with Crippen LogP contribution in [-0.4, -0.2) is 48.8 Å². The molecule has 1 aromatic carbocycles. The molecule has 0 aliphatic carbocycles. The zero-order valence-corrected chi connectivity index (χ0v) is 14.8. The van der Waals surface area contributed by atoms with E-state index in [1.54, 1.807) is 0 Å². The van der Waals surface area contributed by atoms with Gasteiger partial charge in [-0.25, -0.2) is 4.98 Å². The second kappa shape index (κ2) is 10.6. The fourth-order valence-electron chi connectivity index (χ4n) is 2.42. The third kappa shape index (κ3) is 6.20. The summed E-state index contributed by atoms with van der Waals surface area (Å²) >= 11 is 0. The molecule has 24 heavy (non-hydrogen) atoms. The summed E-state index contributed by atoms with van der Waals surface area (Å²) in [5.41, 5.74) is 2.10. The van der Waals surface area contributed by atoms with E-state index >= 15 is 0 Å². The van der Waals surface area contributed by atoms with Crippen LogP contribution >= 0.6 is 0 Å². The Morgan fingerprint density at radius 3 is 2.88 bits per heavy atom. The summed E-state index contributed by atoms with van der Waals surface area (Å²) < 4.78 is 5.34. The minimum absolute atomic E-state index is 0.787. The molecular formula is C18H29N5O. The SMILES string of the molecule is CCNC(=NCCCCOCC)NCCc1nc2ccccc2[nH]1. The lowest BCUT2D eigenvalue weighted by molar-refractivity contribution is 0.144. The van der Waals surface area contributed by atoms with Crippen LogP contribution < -0.4 is 10.6 Å². The van der Waals surface area contributed by atoms with Crippen molar-refractivity contribution in [2.45, 2.75) is 33.1 Å². The van der Waals surface area contributed by atoms with E-state index in [1.807, 2.05) is 31.2 Å². The van der Waals surface area contributed by atoms with Crippen molar-refractivity contribution in [2.24, 2.45) is 4.99 Å². The number of fused-ring (bicyclic) bond motifs is 1. The maximum absolute atomic E-state index is 5.34. The van der Waals surface area contributed by atoms with Gasteiger partial charge in [-0.15, -0.1) is 0 Å². The number of aliphatic imine (C=N–C) groups is 1. The number of nitrogens with zero attached hydrogens (tertiary/aromatic N) is 2. The Morgan fingerprint density at radius 2 is 2.08 bits per heavy atom. The number of aromatic nitrogens is 2. The summed E-state index contributed by atoms with van der Waals surface area (Å²) in [6.45, 7) is 8.17. The van der Waals surface area contributed by atoms with E-state index in [0.29, 0.717) is 0 Å². The number of guanidine groups is 1. The Hall–Kier alpha value is -2.08. The Labute approximate surface area is 144 Å². The number of benzene rings is 1. The molecule has 0 fully saturated rings. The summed E-state index contributed by atoms with van der Waals surface area (Å²) in [7, 11) is 0. The van der Waals surface area contributed by atoms with Crippen molar-refractivity contribution in [2.75, 3.05) is 32.8 Å². The lowest BCUT2D eigenvalue weighted by atomic mass is 10.3. The van der Waals surface area contributed by atoms with Gasteiger partial charge in [0.25, 0.3) is 0 Å². The van der Waals surface area contributed by atoms with E-state index in [4.69, 9.17) is 4.74 Å². The van der Waals surface area contributed by atoms with E-state index in [2.05, 4.69) is 32.5 Å². The summed E-state index contributed by atoms with van der Waals surface area (Å²) in [5.74, 6) is 1.86. The van der Waals surface area contributed by atoms with Crippen LogP contribution in [0.4, 0.5) is 0 Å². The second-order valence-electron chi connectivity index (χ2n) is 5.54. The first kappa shape index (κ1) is 18.3. The molecule has 0 bridgehead atoms. The van der Waals surface area contributed by atoms with Crippen LogP contribution in [0.25, 0.3) is 11.0 Å². The van der Waals surface area contributed by atoms with E-state index in [0.717, 1.165) is 74.9 Å². The van der Waals surface area contributed by atoms with Gasteiger partial charge < -0.3 is 20.4 Å². The summed E-state index contributed by atoms with van der Waals surface area (Å²) in [5, 5.41) is 6.64. The maximum Gasteiger partial charge on any atom is 0.191 e. The zero-order valence-electron chi connectivity index (χ0n) is 14.8. The highest BCUT2D eigenvalue weighted by Crippen LogP contribution is 2.10. The standard InChI is InChI=1S/C18H29N5O/c1-3-19-18(20-12-7-8-14-24-4-2)21-13-11-17-22-15-9-5-6-10-16(15)23-17/h5-6,9-10H,3-4,7-8,11-14H2,1-2H3,(H,22,23)(H2,19,20,21). The molecule has 0 amide bonds. The van der Waals surface area contributed by atoms with Crippen LogP contribution in [0.5, 0.6) is 0 Å². The first-order valence-electron chi connectivity index (χ1n) is 8.87. The van der Waals surface area contributed by atoms with Gasteiger partial charge >= 0.3 is 0 Å². The normalized spacial score (nSPS) is 11.8. The first-order chi connectivity index (χ1) is 11.8. The molecule has 1 heterocycles. The predicted molar refractivity (Wildman–Crippen MR) is 99.5 cm³/mol. The lowest BCUT2D eigenvalue weighted by Gasteiger charge is -2.10. The number of aromatic amines is 1. The summed E-state index contributed by atoms with van der Waals surface area (Å²) in [6, 6.07) is 8.10. The Kier molecular flexibility index (Phi) is 8.10. The van der Waals surface area contributed by atoms with Crippen molar-refractivity contribution in [3.05, 3.63) is 30.1 Å². The third-order valence-corrected chi connectivity index (χ3v) is 3.61. The molecule has 0 atom stereocenters. The average molecular weight is 331 g/mol. The smallest absolute Gasteiger partial charge is 0.191 e.